The topological polar surface area (TPSA) is 33.1 Å². The molecule has 1 heterocycles. The Hall–Kier alpha value is -0.890. The summed E-state index contributed by atoms with van der Waals surface area (Å²) in [6, 6.07) is 5.91. The van der Waals surface area contributed by atoms with Crippen LogP contribution >= 0.6 is 0 Å². The monoisotopic (exact) mass is 219 g/mol. The molecule has 0 spiro atoms. The lowest BCUT2D eigenvalue weighted by Crippen LogP contribution is -2.40. The Morgan fingerprint density at radius 2 is 2.00 bits per heavy atom. The lowest BCUT2D eigenvalue weighted by molar-refractivity contribution is -0.0311. The molecule has 0 amide bonds. The minimum absolute atomic E-state index is 0.536. The van der Waals surface area contributed by atoms with Gasteiger partial charge in [0, 0.05) is 18.3 Å². The molecule has 1 saturated carbocycles. The third-order valence-electron chi connectivity index (χ3n) is 3.50. The Balaban J connectivity index is 2.07. The van der Waals surface area contributed by atoms with Crippen molar-refractivity contribution in [1.29, 1.82) is 0 Å². The van der Waals surface area contributed by atoms with Gasteiger partial charge in [-0.05, 0) is 43.2 Å². The highest BCUT2D eigenvalue weighted by atomic mass is 16.3. The molecule has 1 fully saturated rings. The second-order valence-corrected chi connectivity index (χ2v) is 5.58. The number of aromatic nitrogens is 1. The van der Waals surface area contributed by atoms with Crippen LogP contribution in [0.25, 0.3) is 0 Å². The Labute approximate surface area is 97.7 Å². The summed E-state index contributed by atoms with van der Waals surface area (Å²) >= 11 is 0. The molecule has 1 aliphatic rings. The van der Waals surface area contributed by atoms with Crippen molar-refractivity contribution in [1.82, 2.24) is 4.98 Å². The van der Waals surface area contributed by atoms with Crippen LogP contribution in [0.4, 0.5) is 0 Å². The van der Waals surface area contributed by atoms with Crippen LogP contribution in [0, 0.1) is 11.8 Å². The van der Waals surface area contributed by atoms with Gasteiger partial charge < -0.3 is 5.11 Å². The van der Waals surface area contributed by atoms with Crippen molar-refractivity contribution in [3.63, 3.8) is 0 Å². The van der Waals surface area contributed by atoms with Gasteiger partial charge in [-0.3, -0.25) is 4.98 Å². The van der Waals surface area contributed by atoms with Crippen LogP contribution in [-0.4, -0.2) is 15.7 Å². The maximum atomic E-state index is 10.6. The van der Waals surface area contributed by atoms with Crippen molar-refractivity contribution >= 4 is 0 Å². The maximum Gasteiger partial charge on any atom is 0.0708 e. The average Bonchev–Trinajstić information content (AvgIpc) is 2.15. The van der Waals surface area contributed by atoms with Gasteiger partial charge in [0.05, 0.1) is 5.60 Å². The SMILES string of the molecule is CC1CC(C)CC(O)(Cc2ccccn2)C1. The van der Waals surface area contributed by atoms with Crippen LogP contribution < -0.4 is 0 Å². The summed E-state index contributed by atoms with van der Waals surface area (Å²) in [7, 11) is 0. The lowest BCUT2D eigenvalue weighted by atomic mass is 9.72. The molecule has 2 atom stereocenters. The lowest BCUT2D eigenvalue weighted by Gasteiger charge is -2.38. The first kappa shape index (κ1) is 11.6. The van der Waals surface area contributed by atoms with E-state index in [0.29, 0.717) is 18.3 Å². The molecule has 1 aromatic heterocycles. The molecule has 0 aliphatic heterocycles. The summed E-state index contributed by atoms with van der Waals surface area (Å²) in [5, 5.41) is 10.6. The maximum absolute atomic E-state index is 10.6. The minimum atomic E-state index is -0.536. The Bertz CT molecular complexity index is 326. The summed E-state index contributed by atoms with van der Waals surface area (Å²) < 4.78 is 0. The molecule has 0 radical (unpaired) electrons. The zero-order chi connectivity index (χ0) is 11.6. The molecular weight excluding hydrogens is 198 g/mol. The molecule has 2 rings (SSSR count). The van der Waals surface area contributed by atoms with Gasteiger partial charge in [0.1, 0.15) is 0 Å². The number of hydrogen-bond acceptors (Lipinski definition) is 2. The molecule has 0 aromatic carbocycles. The highest BCUT2D eigenvalue weighted by Gasteiger charge is 2.36. The van der Waals surface area contributed by atoms with Gasteiger partial charge >= 0.3 is 0 Å². The normalized spacial score (nSPS) is 34.9. The van der Waals surface area contributed by atoms with Gasteiger partial charge in [-0.15, -0.1) is 0 Å². The van der Waals surface area contributed by atoms with E-state index in [4.69, 9.17) is 0 Å². The number of rotatable bonds is 2. The predicted octanol–water partition coefficient (Wildman–Crippen LogP) is 2.81. The number of nitrogens with zero attached hydrogens (tertiary/aromatic N) is 1. The fraction of sp³-hybridized carbons (Fsp3) is 0.643. The quantitative estimate of drug-likeness (QED) is 0.829. The van der Waals surface area contributed by atoms with Gasteiger partial charge in [0.15, 0.2) is 0 Å². The fourth-order valence-electron chi connectivity index (χ4n) is 3.22. The summed E-state index contributed by atoms with van der Waals surface area (Å²) in [4.78, 5) is 4.31. The fourth-order valence-corrected chi connectivity index (χ4v) is 3.22. The molecule has 16 heavy (non-hydrogen) atoms. The molecule has 0 bridgehead atoms. The van der Waals surface area contributed by atoms with E-state index in [9.17, 15) is 5.11 Å². The summed E-state index contributed by atoms with van der Waals surface area (Å²) in [5.74, 6) is 1.25. The van der Waals surface area contributed by atoms with E-state index in [1.807, 2.05) is 18.2 Å². The zero-order valence-electron chi connectivity index (χ0n) is 10.2. The summed E-state index contributed by atoms with van der Waals surface area (Å²) in [6.07, 6.45) is 5.56. The van der Waals surface area contributed by atoms with Crippen molar-refractivity contribution in [2.75, 3.05) is 0 Å². The zero-order valence-corrected chi connectivity index (χ0v) is 10.2. The first-order valence-electron chi connectivity index (χ1n) is 6.20. The van der Waals surface area contributed by atoms with Crippen LogP contribution in [0.3, 0.4) is 0 Å². The Morgan fingerprint density at radius 3 is 2.56 bits per heavy atom. The van der Waals surface area contributed by atoms with E-state index in [1.54, 1.807) is 6.20 Å². The third-order valence-corrected chi connectivity index (χ3v) is 3.50. The van der Waals surface area contributed by atoms with E-state index in [2.05, 4.69) is 18.8 Å². The number of pyridine rings is 1. The molecule has 1 aliphatic carbocycles. The Morgan fingerprint density at radius 1 is 1.31 bits per heavy atom. The van der Waals surface area contributed by atoms with Crippen LogP contribution in [0.2, 0.25) is 0 Å². The molecule has 0 saturated heterocycles. The van der Waals surface area contributed by atoms with Crippen molar-refractivity contribution in [2.24, 2.45) is 11.8 Å². The third kappa shape index (κ3) is 2.82. The molecule has 2 heteroatoms. The van der Waals surface area contributed by atoms with Crippen molar-refractivity contribution in [3.8, 4) is 0 Å². The van der Waals surface area contributed by atoms with Crippen LogP contribution in [0.1, 0.15) is 38.8 Å². The minimum Gasteiger partial charge on any atom is -0.389 e. The molecule has 88 valence electrons. The van der Waals surface area contributed by atoms with Crippen molar-refractivity contribution < 1.29 is 5.11 Å². The van der Waals surface area contributed by atoms with Crippen LogP contribution in [0.5, 0.6) is 0 Å². The molecule has 2 unspecified atom stereocenters. The van der Waals surface area contributed by atoms with Crippen LogP contribution in [0.15, 0.2) is 24.4 Å². The highest BCUT2D eigenvalue weighted by Crippen LogP contribution is 2.37. The van der Waals surface area contributed by atoms with Gasteiger partial charge in [-0.2, -0.15) is 0 Å². The summed E-state index contributed by atoms with van der Waals surface area (Å²) in [6.45, 7) is 4.47. The van der Waals surface area contributed by atoms with E-state index in [-0.39, 0.29) is 0 Å². The second-order valence-electron chi connectivity index (χ2n) is 5.58. The molecule has 1 N–H and O–H groups in total. The second kappa shape index (κ2) is 4.54. The Kier molecular flexibility index (Phi) is 3.29. The number of aliphatic hydroxyl groups is 1. The largest absolute Gasteiger partial charge is 0.389 e. The van der Waals surface area contributed by atoms with Crippen LogP contribution in [-0.2, 0) is 6.42 Å². The van der Waals surface area contributed by atoms with Gasteiger partial charge in [0.2, 0.25) is 0 Å². The molecule has 1 aromatic rings. The van der Waals surface area contributed by atoms with Gasteiger partial charge in [-0.25, -0.2) is 0 Å². The van der Waals surface area contributed by atoms with Crippen molar-refractivity contribution in [2.45, 2.75) is 45.1 Å². The van der Waals surface area contributed by atoms with Crippen molar-refractivity contribution in [3.05, 3.63) is 30.1 Å². The highest BCUT2D eigenvalue weighted by molar-refractivity contribution is 5.08. The molecule has 2 nitrogen and oxygen atoms in total. The van der Waals surface area contributed by atoms with Gasteiger partial charge in [-0.1, -0.05) is 19.9 Å². The van der Waals surface area contributed by atoms with E-state index >= 15 is 0 Å². The predicted molar refractivity (Wildman–Crippen MR) is 65.1 cm³/mol. The average molecular weight is 219 g/mol. The van der Waals surface area contributed by atoms with E-state index < -0.39 is 5.60 Å². The van der Waals surface area contributed by atoms with E-state index in [1.165, 1.54) is 6.42 Å². The molecular formula is C14H21NO. The number of hydrogen-bond donors (Lipinski definition) is 1. The smallest absolute Gasteiger partial charge is 0.0708 e. The first-order chi connectivity index (χ1) is 7.57. The van der Waals surface area contributed by atoms with E-state index in [0.717, 1.165) is 18.5 Å². The first-order valence-corrected chi connectivity index (χ1v) is 6.20. The standard InChI is InChI=1S/C14H21NO/c1-11-7-12(2)9-14(16,8-11)10-13-5-3-4-6-15-13/h3-6,11-12,16H,7-10H2,1-2H3. The van der Waals surface area contributed by atoms with Gasteiger partial charge in [0.25, 0.3) is 0 Å². The summed E-state index contributed by atoms with van der Waals surface area (Å²) in [5.41, 5.74) is 0.470.